The molecule has 0 aliphatic rings. The summed E-state index contributed by atoms with van der Waals surface area (Å²) in [5.74, 6) is -0.164. The van der Waals surface area contributed by atoms with E-state index in [2.05, 4.69) is 14.9 Å². The van der Waals surface area contributed by atoms with Crippen LogP contribution < -0.4 is 4.72 Å². The van der Waals surface area contributed by atoms with Gasteiger partial charge >= 0.3 is 0 Å². The van der Waals surface area contributed by atoms with Crippen LogP contribution in [0.2, 0.25) is 0 Å². The molecule has 7 nitrogen and oxygen atoms in total. The van der Waals surface area contributed by atoms with Crippen molar-refractivity contribution in [3.8, 4) is 0 Å². The minimum atomic E-state index is -3.78. The second-order valence-corrected chi connectivity index (χ2v) is 7.18. The third kappa shape index (κ3) is 3.71. The number of rotatable bonds is 6. The zero-order valence-electron chi connectivity index (χ0n) is 13.8. The van der Waals surface area contributed by atoms with Crippen molar-refractivity contribution < 1.29 is 12.8 Å². The lowest BCUT2D eigenvalue weighted by molar-refractivity contribution is 0.585. The molecule has 0 fully saturated rings. The van der Waals surface area contributed by atoms with Gasteiger partial charge in [0.1, 0.15) is 10.7 Å². The molecule has 0 aliphatic heterocycles. The van der Waals surface area contributed by atoms with Crippen molar-refractivity contribution in [1.82, 2.24) is 19.6 Å². The Hall–Kier alpha value is -2.68. The number of nitrogens with one attached hydrogen (secondary N) is 1. The van der Waals surface area contributed by atoms with Crippen molar-refractivity contribution in [3.05, 3.63) is 59.8 Å². The predicted molar refractivity (Wildman–Crippen MR) is 91.2 cm³/mol. The van der Waals surface area contributed by atoms with Crippen molar-refractivity contribution in [2.75, 3.05) is 4.72 Å². The summed E-state index contributed by atoms with van der Waals surface area (Å²) in [7, 11) is -3.78. The molecule has 2 aromatic heterocycles. The van der Waals surface area contributed by atoms with Crippen LogP contribution in [0.5, 0.6) is 0 Å². The van der Waals surface area contributed by atoms with Gasteiger partial charge in [0.15, 0.2) is 5.82 Å². The first-order valence-corrected chi connectivity index (χ1v) is 9.21. The zero-order chi connectivity index (χ0) is 18.0. The SMILES string of the molecule is CCn1cc(S(=O)(=O)Nc2ccn(Cc3ccccc3F)n2)c(C)n1. The lowest BCUT2D eigenvalue weighted by atomic mass is 10.2. The largest absolute Gasteiger partial charge is 0.271 e. The Kier molecular flexibility index (Phi) is 4.58. The van der Waals surface area contributed by atoms with E-state index in [-0.39, 0.29) is 23.1 Å². The fraction of sp³-hybridized carbons (Fsp3) is 0.250. The Bertz CT molecular complexity index is 994. The van der Waals surface area contributed by atoms with Gasteiger partial charge in [-0.3, -0.25) is 14.1 Å². The summed E-state index contributed by atoms with van der Waals surface area (Å²) in [4.78, 5) is 0.109. The first kappa shape index (κ1) is 17.2. The Morgan fingerprint density at radius 2 is 1.92 bits per heavy atom. The van der Waals surface area contributed by atoms with Crippen molar-refractivity contribution in [1.29, 1.82) is 0 Å². The summed E-state index contributed by atoms with van der Waals surface area (Å²) in [5, 5.41) is 8.28. The van der Waals surface area contributed by atoms with Crippen molar-refractivity contribution in [2.45, 2.75) is 31.8 Å². The van der Waals surface area contributed by atoms with E-state index in [4.69, 9.17) is 0 Å². The van der Waals surface area contributed by atoms with E-state index in [1.54, 1.807) is 36.0 Å². The fourth-order valence-corrected chi connectivity index (χ4v) is 3.61. The fourth-order valence-electron chi connectivity index (χ4n) is 2.42. The number of aryl methyl sites for hydroxylation is 2. The smallest absolute Gasteiger partial charge is 0.266 e. The number of halogens is 1. The summed E-state index contributed by atoms with van der Waals surface area (Å²) < 4.78 is 44.1. The number of sulfonamides is 1. The van der Waals surface area contributed by atoms with Crippen LogP contribution in [0.25, 0.3) is 0 Å². The lowest BCUT2D eigenvalue weighted by Crippen LogP contribution is -2.14. The number of hydrogen-bond donors (Lipinski definition) is 1. The molecule has 0 amide bonds. The third-order valence-electron chi connectivity index (χ3n) is 3.68. The maximum Gasteiger partial charge on any atom is 0.266 e. The zero-order valence-corrected chi connectivity index (χ0v) is 14.7. The first-order valence-electron chi connectivity index (χ1n) is 7.73. The van der Waals surface area contributed by atoms with E-state index in [9.17, 15) is 12.8 Å². The second kappa shape index (κ2) is 6.67. The Balaban J connectivity index is 1.78. The normalized spacial score (nSPS) is 11.6. The van der Waals surface area contributed by atoms with Gasteiger partial charge < -0.3 is 0 Å². The van der Waals surface area contributed by atoms with E-state index in [1.165, 1.54) is 23.0 Å². The van der Waals surface area contributed by atoms with Crippen molar-refractivity contribution in [3.63, 3.8) is 0 Å². The lowest BCUT2D eigenvalue weighted by Gasteiger charge is -2.05. The number of anilines is 1. The van der Waals surface area contributed by atoms with E-state index >= 15 is 0 Å². The van der Waals surface area contributed by atoms with Crippen molar-refractivity contribution >= 4 is 15.8 Å². The molecule has 9 heteroatoms. The maximum atomic E-state index is 13.7. The maximum absolute atomic E-state index is 13.7. The summed E-state index contributed by atoms with van der Waals surface area (Å²) in [6.45, 7) is 4.30. The van der Waals surface area contributed by atoms with Crippen molar-refractivity contribution in [2.24, 2.45) is 0 Å². The molecule has 0 saturated carbocycles. The highest BCUT2D eigenvalue weighted by Crippen LogP contribution is 2.18. The van der Waals surface area contributed by atoms with Crippen LogP contribution in [0, 0.1) is 12.7 Å². The quantitative estimate of drug-likeness (QED) is 0.729. The van der Waals surface area contributed by atoms with Gasteiger partial charge in [-0.15, -0.1) is 0 Å². The highest BCUT2D eigenvalue weighted by atomic mass is 32.2. The Labute approximate surface area is 145 Å². The summed E-state index contributed by atoms with van der Waals surface area (Å²) in [6, 6.07) is 7.90. The van der Waals surface area contributed by atoms with Gasteiger partial charge in [-0.2, -0.15) is 10.2 Å². The molecule has 2 heterocycles. The van der Waals surface area contributed by atoms with Gasteiger partial charge in [0, 0.05) is 30.6 Å². The number of hydrogen-bond acceptors (Lipinski definition) is 4. The molecule has 0 spiro atoms. The predicted octanol–water partition coefficient (Wildman–Crippen LogP) is 2.40. The molecule has 1 aromatic carbocycles. The standard InChI is InChI=1S/C16H18FN5O2S/c1-3-21-11-15(12(2)18-21)25(23,24)20-16-8-9-22(19-16)10-13-6-4-5-7-14(13)17/h4-9,11H,3,10H2,1-2H3,(H,19,20). The monoisotopic (exact) mass is 363 g/mol. The van der Waals surface area contributed by atoms with Gasteiger partial charge in [-0.25, -0.2) is 12.8 Å². The minimum absolute atomic E-state index is 0.109. The van der Waals surface area contributed by atoms with Crippen LogP contribution >= 0.6 is 0 Å². The molecular formula is C16H18FN5O2S. The van der Waals surface area contributed by atoms with Crippen LogP contribution in [-0.4, -0.2) is 28.0 Å². The Morgan fingerprint density at radius 1 is 1.16 bits per heavy atom. The second-order valence-electron chi connectivity index (χ2n) is 5.53. The van der Waals surface area contributed by atoms with Gasteiger partial charge in [0.05, 0.1) is 12.2 Å². The summed E-state index contributed by atoms with van der Waals surface area (Å²) in [5.41, 5.74) is 0.889. The van der Waals surface area contributed by atoms with E-state index < -0.39 is 10.0 Å². The highest BCUT2D eigenvalue weighted by Gasteiger charge is 2.21. The number of aromatic nitrogens is 4. The Morgan fingerprint density at radius 3 is 2.60 bits per heavy atom. The highest BCUT2D eigenvalue weighted by molar-refractivity contribution is 7.92. The topological polar surface area (TPSA) is 81.8 Å². The molecule has 0 saturated heterocycles. The molecule has 0 radical (unpaired) electrons. The molecule has 3 rings (SSSR count). The average Bonchev–Trinajstić information content (AvgIpc) is 3.16. The van der Waals surface area contributed by atoms with Crippen LogP contribution in [0.4, 0.5) is 10.2 Å². The molecule has 0 atom stereocenters. The molecule has 1 N–H and O–H groups in total. The molecule has 3 aromatic rings. The summed E-state index contributed by atoms with van der Waals surface area (Å²) >= 11 is 0. The minimum Gasteiger partial charge on any atom is -0.271 e. The molecule has 25 heavy (non-hydrogen) atoms. The van der Waals surface area contributed by atoms with Crippen LogP contribution in [0.3, 0.4) is 0 Å². The van der Waals surface area contributed by atoms with Gasteiger partial charge in [-0.05, 0) is 19.9 Å². The van der Waals surface area contributed by atoms with Crippen LogP contribution in [0.15, 0.2) is 47.6 Å². The van der Waals surface area contributed by atoms with Crippen LogP contribution in [-0.2, 0) is 23.1 Å². The van der Waals surface area contributed by atoms with Gasteiger partial charge in [0.25, 0.3) is 10.0 Å². The average molecular weight is 363 g/mol. The van der Waals surface area contributed by atoms with E-state index in [0.717, 1.165) is 0 Å². The molecule has 132 valence electrons. The molecule has 0 aliphatic carbocycles. The first-order chi connectivity index (χ1) is 11.9. The molecular weight excluding hydrogens is 345 g/mol. The molecule has 0 bridgehead atoms. The van der Waals surface area contributed by atoms with E-state index in [0.29, 0.717) is 17.8 Å². The van der Waals surface area contributed by atoms with Crippen LogP contribution in [0.1, 0.15) is 18.2 Å². The number of nitrogens with zero attached hydrogens (tertiary/aromatic N) is 4. The third-order valence-corrected chi connectivity index (χ3v) is 5.14. The van der Waals surface area contributed by atoms with Gasteiger partial charge in [0.2, 0.25) is 0 Å². The van der Waals surface area contributed by atoms with E-state index in [1.807, 2.05) is 6.92 Å². The summed E-state index contributed by atoms with van der Waals surface area (Å²) in [6.07, 6.45) is 3.07. The van der Waals surface area contributed by atoms with Gasteiger partial charge in [-0.1, -0.05) is 18.2 Å². The number of benzene rings is 1. The molecule has 0 unspecified atom stereocenters.